The number of aliphatic hydroxyl groups excluding tert-OH is 1. The van der Waals surface area contributed by atoms with Crippen LogP contribution in [0.15, 0.2) is 42.5 Å². The Morgan fingerprint density at radius 2 is 2.00 bits per heavy atom. The number of hydrogen-bond donors (Lipinski definition) is 2. The van der Waals surface area contributed by atoms with Gasteiger partial charge in [-0.2, -0.15) is 0 Å². The maximum Gasteiger partial charge on any atom is 0.129 e. The van der Waals surface area contributed by atoms with Crippen LogP contribution in [0, 0.1) is 0 Å². The largest absolute Gasteiger partial charge is 0.375 e. The van der Waals surface area contributed by atoms with Gasteiger partial charge in [-0.15, -0.1) is 11.3 Å². The number of hydrogen-bond acceptors (Lipinski definition) is 4. The van der Waals surface area contributed by atoms with Crippen molar-refractivity contribution < 1.29 is 5.11 Å². The first kappa shape index (κ1) is 12.6. The van der Waals surface area contributed by atoms with Gasteiger partial charge in [0.2, 0.25) is 0 Å². The van der Waals surface area contributed by atoms with E-state index in [0.717, 1.165) is 21.5 Å². The van der Waals surface area contributed by atoms with Crippen molar-refractivity contribution in [2.24, 2.45) is 5.73 Å². The lowest BCUT2D eigenvalue weighted by Crippen LogP contribution is -2.09. The minimum atomic E-state index is -1.03. The zero-order valence-electron chi connectivity index (χ0n) is 9.88. The predicted octanol–water partition coefficient (Wildman–Crippen LogP) is 3.57. The van der Waals surface area contributed by atoms with Crippen LogP contribution in [0.5, 0.6) is 0 Å². The van der Waals surface area contributed by atoms with E-state index in [4.69, 9.17) is 17.3 Å². The van der Waals surface area contributed by atoms with Gasteiger partial charge in [0.05, 0.1) is 20.4 Å². The van der Waals surface area contributed by atoms with Crippen molar-refractivity contribution in [1.82, 2.24) is 4.98 Å². The summed E-state index contributed by atoms with van der Waals surface area (Å²) in [6.45, 7) is 0. The average molecular weight is 291 g/mol. The molecule has 5 heteroatoms. The number of benzene rings is 1. The van der Waals surface area contributed by atoms with E-state index in [1.165, 1.54) is 11.3 Å². The number of para-hydroxylation sites is 1. The summed E-state index contributed by atoms with van der Waals surface area (Å²) in [6, 6.07) is 13.2. The van der Waals surface area contributed by atoms with Crippen LogP contribution < -0.4 is 5.73 Å². The Morgan fingerprint density at radius 3 is 2.68 bits per heavy atom. The van der Waals surface area contributed by atoms with Gasteiger partial charge in [-0.3, -0.25) is 0 Å². The summed E-state index contributed by atoms with van der Waals surface area (Å²) in [5.41, 5.74) is 7.89. The Labute approximate surface area is 119 Å². The fraction of sp³-hybridized carbons (Fsp3) is 0.0714. The molecule has 0 aliphatic heterocycles. The molecule has 0 bridgehead atoms. The second-order valence-corrected chi connectivity index (χ2v) is 5.88. The maximum atomic E-state index is 9.73. The standard InChI is InChI=1S/C14H11ClN2OS/c15-13-6-5-12(19-13)11-7-9(14(16)18)8-3-1-2-4-10(8)17-11/h1-7,14,18H,16H2. The van der Waals surface area contributed by atoms with Gasteiger partial charge in [0, 0.05) is 10.9 Å². The molecule has 0 saturated carbocycles. The molecule has 0 amide bonds. The number of aromatic nitrogens is 1. The van der Waals surface area contributed by atoms with Crippen LogP contribution >= 0.6 is 22.9 Å². The molecule has 96 valence electrons. The molecule has 2 aromatic heterocycles. The Bertz CT molecular complexity index is 739. The van der Waals surface area contributed by atoms with Gasteiger partial charge in [0.1, 0.15) is 6.23 Å². The average Bonchev–Trinajstić information content (AvgIpc) is 2.84. The number of nitrogens with zero attached hydrogens (tertiary/aromatic N) is 1. The van der Waals surface area contributed by atoms with E-state index in [2.05, 4.69) is 4.98 Å². The summed E-state index contributed by atoms with van der Waals surface area (Å²) in [5, 5.41) is 10.6. The number of fused-ring (bicyclic) bond motifs is 1. The van der Waals surface area contributed by atoms with Crippen LogP contribution in [-0.2, 0) is 0 Å². The first-order valence-electron chi connectivity index (χ1n) is 5.74. The maximum absolute atomic E-state index is 9.73. The highest BCUT2D eigenvalue weighted by Gasteiger charge is 2.12. The molecule has 1 unspecified atom stereocenters. The molecular weight excluding hydrogens is 280 g/mol. The predicted molar refractivity (Wildman–Crippen MR) is 79.2 cm³/mol. The van der Waals surface area contributed by atoms with Crippen LogP contribution in [0.3, 0.4) is 0 Å². The Kier molecular flexibility index (Phi) is 3.24. The molecule has 0 fully saturated rings. The molecule has 1 aromatic carbocycles. The van der Waals surface area contributed by atoms with Gasteiger partial charge in [0.15, 0.2) is 0 Å². The topological polar surface area (TPSA) is 59.1 Å². The van der Waals surface area contributed by atoms with Crippen LogP contribution in [0.1, 0.15) is 11.8 Å². The molecule has 0 aliphatic rings. The van der Waals surface area contributed by atoms with E-state index in [1.54, 1.807) is 0 Å². The van der Waals surface area contributed by atoms with Crippen molar-refractivity contribution in [2.75, 3.05) is 0 Å². The second-order valence-electron chi connectivity index (χ2n) is 4.16. The third-order valence-electron chi connectivity index (χ3n) is 2.89. The highest BCUT2D eigenvalue weighted by Crippen LogP contribution is 2.33. The van der Waals surface area contributed by atoms with E-state index < -0.39 is 6.23 Å². The lowest BCUT2D eigenvalue weighted by molar-refractivity contribution is 0.188. The summed E-state index contributed by atoms with van der Waals surface area (Å²) < 4.78 is 0.708. The molecule has 2 heterocycles. The lowest BCUT2D eigenvalue weighted by atomic mass is 10.1. The third-order valence-corrected chi connectivity index (χ3v) is 4.15. The van der Waals surface area contributed by atoms with Crippen molar-refractivity contribution in [3.8, 4) is 10.6 Å². The van der Waals surface area contributed by atoms with Crippen LogP contribution in [-0.4, -0.2) is 10.1 Å². The van der Waals surface area contributed by atoms with Crippen molar-refractivity contribution in [3.63, 3.8) is 0 Å². The van der Waals surface area contributed by atoms with Crippen LogP contribution in [0.4, 0.5) is 0 Å². The molecule has 0 radical (unpaired) electrons. The number of rotatable bonds is 2. The molecule has 3 rings (SSSR count). The number of aliphatic hydroxyl groups is 1. The normalized spacial score (nSPS) is 12.8. The lowest BCUT2D eigenvalue weighted by Gasteiger charge is -2.10. The molecule has 3 aromatic rings. The first-order valence-corrected chi connectivity index (χ1v) is 6.93. The van der Waals surface area contributed by atoms with E-state index >= 15 is 0 Å². The van der Waals surface area contributed by atoms with Crippen LogP contribution in [0.25, 0.3) is 21.5 Å². The van der Waals surface area contributed by atoms with Gasteiger partial charge in [-0.05, 0) is 24.3 Å². The highest BCUT2D eigenvalue weighted by molar-refractivity contribution is 7.19. The van der Waals surface area contributed by atoms with Gasteiger partial charge >= 0.3 is 0 Å². The summed E-state index contributed by atoms with van der Waals surface area (Å²) in [4.78, 5) is 5.54. The molecule has 3 nitrogen and oxygen atoms in total. The fourth-order valence-electron chi connectivity index (χ4n) is 2.03. The highest BCUT2D eigenvalue weighted by atomic mass is 35.5. The SMILES string of the molecule is NC(O)c1cc(-c2ccc(Cl)s2)nc2ccccc12. The monoisotopic (exact) mass is 290 g/mol. The van der Waals surface area contributed by atoms with Gasteiger partial charge in [-0.25, -0.2) is 4.98 Å². The number of thiophene rings is 1. The molecule has 0 saturated heterocycles. The second kappa shape index (κ2) is 4.90. The van der Waals surface area contributed by atoms with E-state index in [9.17, 15) is 5.11 Å². The number of nitrogens with two attached hydrogens (primary N) is 1. The van der Waals surface area contributed by atoms with Crippen molar-refractivity contribution in [3.05, 3.63) is 52.4 Å². The summed E-state index contributed by atoms with van der Waals surface area (Å²) in [6.07, 6.45) is -1.03. The van der Waals surface area contributed by atoms with Crippen molar-refractivity contribution >= 4 is 33.8 Å². The van der Waals surface area contributed by atoms with E-state index in [1.807, 2.05) is 42.5 Å². The zero-order valence-corrected chi connectivity index (χ0v) is 11.4. The molecule has 0 aliphatic carbocycles. The molecule has 1 atom stereocenters. The van der Waals surface area contributed by atoms with Crippen LogP contribution in [0.2, 0.25) is 4.34 Å². The Morgan fingerprint density at radius 1 is 1.21 bits per heavy atom. The van der Waals surface area contributed by atoms with Crippen molar-refractivity contribution in [1.29, 1.82) is 0 Å². The summed E-state index contributed by atoms with van der Waals surface area (Å²) in [7, 11) is 0. The number of halogens is 1. The van der Waals surface area contributed by atoms with Gasteiger partial charge in [-0.1, -0.05) is 29.8 Å². The van der Waals surface area contributed by atoms with Crippen molar-refractivity contribution in [2.45, 2.75) is 6.23 Å². The fourth-order valence-corrected chi connectivity index (χ4v) is 3.03. The van der Waals surface area contributed by atoms with Gasteiger partial charge in [0.25, 0.3) is 0 Å². The molecule has 19 heavy (non-hydrogen) atoms. The minimum absolute atomic E-state index is 0.671. The first-order chi connectivity index (χ1) is 9.15. The Balaban J connectivity index is 2.27. The molecule has 0 spiro atoms. The van der Waals surface area contributed by atoms with E-state index in [0.29, 0.717) is 9.90 Å². The third kappa shape index (κ3) is 2.35. The summed E-state index contributed by atoms with van der Waals surface area (Å²) >= 11 is 7.40. The van der Waals surface area contributed by atoms with E-state index in [-0.39, 0.29) is 0 Å². The molecular formula is C14H11ClN2OS. The Hall–Kier alpha value is -1.46. The minimum Gasteiger partial charge on any atom is -0.375 e. The van der Waals surface area contributed by atoms with Gasteiger partial charge < -0.3 is 10.8 Å². The zero-order chi connectivity index (χ0) is 13.4. The number of pyridine rings is 1. The smallest absolute Gasteiger partial charge is 0.129 e. The molecule has 3 N–H and O–H groups in total. The summed E-state index contributed by atoms with van der Waals surface area (Å²) in [5.74, 6) is 0. The quantitative estimate of drug-likeness (QED) is 0.709.